The number of imide groups is 1. The van der Waals surface area contributed by atoms with Crippen molar-refractivity contribution >= 4 is 50.7 Å². The lowest BCUT2D eigenvalue weighted by atomic mass is 9.82. The molecular weight excluding hydrogens is 468 g/mol. The monoisotopic (exact) mass is 494 g/mol. The van der Waals surface area contributed by atoms with Crippen LogP contribution < -0.4 is 15.9 Å². The number of thioether (sulfide) groups is 1. The van der Waals surface area contributed by atoms with E-state index in [1.165, 1.54) is 12.1 Å². The van der Waals surface area contributed by atoms with Gasteiger partial charge in [-0.05, 0) is 37.5 Å². The van der Waals surface area contributed by atoms with E-state index in [0.717, 1.165) is 48.0 Å². The number of primary sulfonamides is 1. The predicted molar refractivity (Wildman–Crippen MR) is 121 cm³/mol. The Morgan fingerprint density at radius 1 is 1.27 bits per heavy atom. The third-order valence-corrected chi connectivity index (χ3v) is 7.79. The van der Waals surface area contributed by atoms with Crippen LogP contribution in [0.25, 0.3) is 11.0 Å². The van der Waals surface area contributed by atoms with Gasteiger partial charge in [-0.25, -0.2) is 23.3 Å². The maximum atomic E-state index is 12.8. The lowest BCUT2D eigenvalue weighted by Gasteiger charge is -2.30. The summed E-state index contributed by atoms with van der Waals surface area (Å²) in [6.07, 6.45) is 4.66. The van der Waals surface area contributed by atoms with Crippen molar-refractivity contribution in [3.63, 3.8) is 0 Å². The summed E-state index contributed by atoms with van der Waals surface area (Å²) >= 11 is 1.14. The average molecular weight is 495 g/mol. The van der Waals surface area contributed by atoms with Crippen LogP contribution in [0.1, 0.15) is 45.4 Å². The summed E-state index contributed by atoms with van der Waals surface area (Å²) in [7, 11) is -3.87. The Balaban J connectivity index is 1.47. The summed E-state index contributed by atoms with van der Waals surface area (Å²) in [5, 5.41) is 9.27. The number of hydrogen-bond acceptors (Lipinski definition) is 7. The number of hydrazine groups is 1. The van der Waals surface area contributed by atoms with Gasteiger partial charge in [-0.1, -0.05) is 37.9 Å². The molecule has 1 saturated carbocycles. The molecule has 2 aromatic rings. The number of nitrogens with one attached hydrogen (secondary N) is 2. The maximum Gasteiger partial charge on any atom is 0.344 e. The first kappa shape index (κ1) is 23.5. The van der Waals surface area contributed by atoms with E-state index < -0.39 is 33.4 Å². The van der Waals surface area contributed by atoms with Crippen molar-refractivity contribution in [2.45, 2.75) is 67.6 Å². The van der Waals surface area contributed by atoms with Crippen LogP contribution >= 0.6 is 11.8 Å². The van der Waals surface area contributed by atoms with E-state index in [-0.39, 0.29) is 10.6 Å². The standard InChI is InChI=1S/C20H26N6O5S2/c1-2-10-25-15-7-6-13(33(21,30)31)11-14(15)22-19(25)32-12-16(27)24-26-17(28)20(23-18(26)29)8-4-3-5-9-20/h6-7,11H,2-5,8-10,12H2,1H3,(H,23,29)(H,24,27)(H2,21,30,31). The van der Waals surface area contributed by atoms with Crippen molar-refractivity contribution in [1.82, 2.24) is 25.3 Å². The van der Waals surface area contributed by atoms with Gasteiger partial charge in [-0.3, -0.25) is 15.0 Å². The first-order chi connectivity index (χ1) is 15.6. The zero-order valence-electron chi connectivity index (χ0n) is 18.2. The molecule has 0 atom stereocenters. The molecular formula is C20H26N6O5S2. The molecule has 0 unspecified atom stereocenters. The van der Waals surface area contributed by atoms with Crippen LogP contribution in [-0.2, 0) is 26.2 Å². The summed E-state index contributed by atoms with van der Waals surface area (Å²) in [5.74, 6) is -1.02. The minimum Gasteiger partial charge on any atom is -0.322 e. The Kier molecular flexibility index (Phi) is 6.38. The number of carbonyl (C=O) groups excluding carboxylic acids is 3. The number of fused-ring (bicyclic) bond motifs is 1. The van der Waals surface area contributed by atoms with E-state index in [2.05, 4.69) is 15.7 Å². The normalized spacial score (nSPS) is 18.2. The number of aryl methyl sites for hydroxylation is 1. The van der Waals surface area contributed by atoms with Gasteiger partial charge in [0.15, 0.2) is 5.16 Å². The molecule has 2 heterocycles. The Morgan fingerprint density at radius 3 is 2.67 bits per heavy atom. The molecule has 1 aromatic heterocycles. The second kappa shape index (κ2) is 8.95. The number of nitrogens with two attached hydrogens (primary N) is 1. The number of aromatic nitrogens is 2. The van der Waals surface area contributed by atoms with Crippen LogP contribution in [0.3, 0.4) is 0 Å². The molecule has 1 aliphatic carbocycles. The highest BCUT2D eigenvalue weighted by Gasteiger charge is 2.52. The number of nitrogens with zero attached hydrogens (tertiary/aromatic N) is 3. The van der Waals surface area contributed by atoms with Gasteiger partial charge >= 0.3 is 6.03 Å². The van der Waals surface area contributed by atoms with Crippen LogP contribution in [0, 0.1) is 0 Å². The van der Waals surface area contributed by atoms with Gasteiger partial charge < -0.3 is 9.88 Å². The molecule has 1 aromatic carbocycles. The third-order valence-electron chi connectivity index (χ3n) is 5.90. The summed E-state index contributed by atoms with van der Waals surface area (Å²) in [6.45, 7) is 2.61. The molecule has 2 aliphatic rings. The number of carbonyl (C=O) groups is 3. The molecule has 33 heavy (non-hydrogen) atoms. The molecule has 4 rings (SSSR count). The van der Waals surface area contributed by atoms with Gasteiger partial charge in [-0.15, -0.1) is 0 Å². The molecule has 1 spiro atoms. The van der Waals surface area contributed by atoms with Crippen molar-refractivity contribution in [2.75, 3.05) is 5.75 Å². The molecule has 4 amide bonds. The fraction of sp³-hybridized carbons (Fsp3) is 0.500. The molecule has 0 bridgehead atoms. The van der Waals surface area contributed by atoms with Crippen LogP contribution in [0.4, 0.5) is 4.79 Å². The van der Waals surface area contributed by atoms with Gasteiger partial charge in [0.25, 0.3) is 5.91 Å². The fourth-order valence-electron chi connectivity index (χ4n) is 4.32. The van der Waals surface area contributed by atoms with Gasteiger partial charge in [0.2, 0.25) is 15.9 Å². The SMILES string of the molecule is CCCn1c(SCC(=O)NN2C(=O)NC3(CCCCC3)C2=O)nc2cc(S(N)(=O)=O)ccc21. The Bertz CT molecular complexity index is 1220. The smallest absolute Gasteiger partial charge is 0.322 e. The quantitative estimate of drug-likeness (QED) is 0.389. The fourth-order valence-corrected chi connectivity index (χ4v) is 5.68. The van der Waals surface area contributed by atoms with Crippen LogP contribution in [0.15, 0.2) is 28.3 Å². The number of sulfonamides is 1. The summed E-state index contributed by atoms with van der Waals surface area (Å²) in [5.41, 5.74) is 2.68. The van der Waals surface area contributed by atoms with Crippen LogP contribution in [0.5, 0.6) is 0 Å². The van der Waals surface area contributed by atoms with E-state index in [9.17, 15) is 22.8 Å². The summed E-state index contributed by atoms with van der Waals surface area (Å²) in [4.78, 5) is 42.1. The van der Waals surface area contributed by atoms with E-state index in [1.807, 2.05) is 11.5 Å². The summed E-state index contributed by atoms with van der Waals surface area (Å²) in [6, 6.07) is 3.84. The molecule has 13 heteroatoms. The molecule has 0 radical (unpaired) electrons. The van der Waals surface area contributed by atoms with Crippen LogP contribution in [0.2, 0.25) is 0 Å². The molecule has 2 fully saturated rings. The topological polar surface area (TPSA) is 156 Å². The number of rotatable bonds is 7. The number of imidazole rings is 1. The van der Waals surface area contributed by atoms with Crippen molar-refractivity contribution in [3.8, 4) is 0 Å². The number of hydrogen-bond donors (Lipinski definition) is 3. The van der Waals surface area contributed by atoms with Crippen LogP contribution in [-0.4, -0.2) is 52.1 Å². The first-order valence-corrected chi connectivity index (χ1v) is 13.3. The van der Waals surface area contributed by atoms with E-state index >= 15 is 0 Å². The zero-order chi connectivity index (χ0) is 23.8. The predicted octanol–water partition coefficient (Wildman–Crippen LogP) is 1.47. The summed E-state index contributed by atoms with van der Waals surface area (Å²) < 4.78 is 25.2. The number of amides is 4. The van der Waals surface area contributed by atoms with Gasteiger partial charge in [-0.2, -0.15) is 5.01 Å². The number of benzene rings is 1. The highest BCUT2D eigenvalue weighted by molar-refractivity contribution is 7.99. The largest absolute Gasteiger partial charge is 0.344 e. The maximum absolute atomic E-state index is 12.8. The second-order valence-corrected chi connectivity index (χ2v) is 10.8. The molecule has 11 nitrogen and oxygen atoms in total. The molecule has 1 saturated heterocycles. The Morgan fingerprint density at radius 2 is 2.00 bits per heavy atom. The highest BCUT2D eigenvalue weighted by atomic mass is 32.2. The van der Waals surface area contributed by atoms with Crippen molar-refractivity contribution in [1.29, 1.82) is 0 Å². The van der Waals surface area contributed by atoms with Gasteiger partial charge in [0, 0.05) is 6.54 Å². The Hall–Kier alpha value is -2.64. The molecule has 1 aliphatic heterocycles. The van der Waals surface area contributed by atoms with Gasteiger partial charge in [0.05, 0.1) is 21.7 Å². The molecule has 4 N–H and O–H groups in total. The van der Waals surface area contributed by atoms with Gasteiger partial charge in [0.1, 0.15) is 5.54 Å². The zero-order valence-corrected chi connectivity index (χ0v) is 19.8. The van der Waals surface area contributed by atoms with E-state index in [0.29, 0.717) is 30.1 Å². The lowest BCUT2D eigenvalue weighted by molar-refractivity contribution is -0.139. The van der Waals surface area contributed by atoms with E-state index in [4.69, 9.17) is 5.14 Å². The minimum atomic E-state index is -3.87. The highest BCUT2D eigenvalue weighted by Crippen LogP contribution is 2.33. The third kappa shape index (κ3) is 4.57. The Labute approximate surface area is 195 Å². The minimum absolute atomic E-state index is 0.0411. The average Bonchev–Trinajstić information content (AvgIpc) is 3.22. The second-order valence-electron chi connectivity index (χ2n) is 8.28. The number of urea groups is 1. The van der Waals surface area contributed by atoms with E-state index in [1.54, 1.807) is 6.07 Å². The van der Waals surface area contributed by atoms with Crippen molar-refractivity contribution in [2.24, 2.45) is 5.14 Å². The van der Waals surface area contributed by atoms with Crippen molar-refractivity contribution < 1.29 is 22.8 Å². The van der Waals surface area contributed by atoms with Crippen molar-refractivity contribution in [3.05, 3.63) is 18.2 Å². The lowest BCUT2D eigenvalue weighted by Crippen LogP contribution is -2.51. The molecule has 178 valence electrons. The first-order valence-electron chi connectivity index (χ1n) is 10.8.